The van der Waals surface area contributed by atoms with Crippen LogP contribution in [0, 0.1) is 0 Å². The van der Waals surface area contributed by atoms with E-state index in [4.69, 9.17) is 11.6 Å². The van der Waals surface area contributed by atoms with Gasteiger partial charge in [-0.1, -0.05) is 83.7 Å². The fourth-order valence-corrected chi connectivity index (χ4v) is 4.87. The number of benzene rings is 3. The Kier molecular flexibility index (Phi) is 7.88. The molecule has 0 aliphatic heterocycles. The van der Waals surface area contributed by atoms with Crippen molar-refractivity contribution in [1.82, 2.24) is 14.8 Å². The average molecular weight is 493 g/mol. The first kappa shape index (κ1) is 23.2. The topological polar surface area (TPSA) is 59.8 Å². The summed E-state index contributed by atoms with van der Waals surface area (Å²) in [6.45, 7) is 4.39. The summed E-state index contributed by atoms with van der Waals surface area (Å²) in [5, 5.41) is 13.0. The van der Waals surface area contributed by atoms with E-state index < -0.39 is 0 Å². The second-order valence-corrected chi connectivity index (χ2v) is 9.45. The summed E-state index contributed by atoms with van der Waals surface area (Å²) >= 11 is 8.90. The third-order valence-electron chi connectivity index (χ3n) is 4.60. The molecule has 166 valence electrons. The molecule has 0 saturated heterocycles. The zero-order valence-electron chi connectivity index (χ0n) is 17.6. The SMILES string of the molecule is C=CCn1c(SCC(=O)Nc2ccccc2Sc2ccc(Cl)cc2)nnc1-c1ccccc1. The maximum absolute atomic E-state index is 12.7. The minimum Gasteiger partial charge on any atom is -0.324 e. The Labute approximate surface area is 206 Å². The van der Waals surface area contributed by atoms with E-state index in [2.05, 4.69) is 22.1 Å². The van der Waals surface area contributed by atoms with Crippen LogP contribution in [0.4, 0.5) is 5.69 Å². The molecule has 33 heavy (non-hydrogen) atoms. The van der Waals surface area contributed by atoms with Gasteiger partial charge < -0.3 is 5.32 Å². The highest BCUT2D eigenvalue weighted by atomic mass is 35.5. The molecule has 0 fully saturated rings. The molecule has 0 bridgehead atoms. The van der Waals surface area contributed by atoms with E-state index in [0.29, 0.717) is 16.7 Å². The Morgan fingerprint density at radius 2 is 1.73 bits per heavy atom. The molecule has 1 heterocycles. The number of anilines is 1. The highest BCUT2D eigenvalue weighted by molar-refractivity contribution is 8.00. The molecule has 4 rings (SSSR count). The number of hydrogen-bond donors (Lipinski definition) is 1. The number of carbonyl (C=O) groups excluding carboxylic acids is 1. The lowest BCUT2D eigenvalue weighted by molar-refractivity contribution is -0.113. The van der Waals surface area contributed by atoms with Crippen LogP contribution in [-0.2, 0) is 11.3 Å². The molecule has 8 heteroatoms. The number of allylic oxidation sites excluding steroid dienone is 1. The van der Waals surface area contributed by atoms with Crippen molar-refractivity contribution in [3.05, 3.63) is 96.5 Å². The molecule has 0 aliphatic rings. The summed E-state index contributed by atoms with van der Waals surface area (Å²) in [6, 6.07) is 25.2. The van der Waals surface area contributed by atoms with Crippen molar-refractivity contribution in [2.75, 3.05) is 11.1 Å². The van der Waals surface area contributed by atoms with Crippen LogP contribution in [-0.4, -0.2) is 26.4 Å². The summed E-state index contributed by atoms with van der Waals surface area (Å²) in [5.74, 6) is 0.853. The van der Waals surface area contributed by atoms with Gasteiger partial charge in [-0.3, -0.25) is 9.36 Å². The van der Waals surface area contributed by atoms with Gasteiger partial charge in [-0.2, -0.15) is 0 Å². The van der Waals surface area contributed by atoms with E-state index in [1.54, 1.807) is 17.8 Å². The van der Waals surface area contributed by atoms with E-state index in [1.165, 1.54) is 11.8 Å². The first-order chi connectivity index (χ1) is 16.1. The van der Waals surface area contributed by atoms with E-state index >= 15 is 0 Å². The molecule has 5 nitrogen and oxygen atoms in total. The molecular weight excluding hydrogens is 472 g/mol. The normalized spacial score (nSPS) is 10.7. The van der Waals surface area contributed by atoms with Crippen LogP contribution < -0.4 is 5.32 Å². The molecule has 0 unspecified atom stereocenters. The number of carbonyl (C=O) groups is 1. The Morgan fingerprint density at radius 3 is 2.48 bits per heavy atom. The average Bonchev–Trinajstić information content (AvgIpc) is 3.24. The lowest BCUT2D eigenvalue weighted by Gasteiger charge is -2.11. The van der Waals surface area contributed by atoms with Crippen molar-refractivity contribution in [3.8, 4) is 11.4 Å². The smallest absolute Gasteiger partial charge is 0.234 e. The fraction of sp³-hybridized carbons (Fsp3) is 0.0800. The first-order valence-electron chi connectivity index (χ1n) is 10.2. The van der Waals surface area contributed by atoms with E-state index in [-0.39, 0.29) is 11.7 Å². The molecule has 1 aromatic heterocycles. The van der Waals surface area contributed by atoms with Crippen LogP contribution in [0.3, 0.4) is 0 Å². The van der Waals surface area contributed by atoms with Crippen molar-refractivity contribution in [2.45, 2.75) is 21.5 Å². The Bertz CT molecular complexity index is 1240. The van der Waals surface area contributed by atoms with Gasteiger partial charge in [0.15, 0.2) is 11.0 Å². The number of amides is 1. The van der Waals surface area contributed by atoms with Gasteiger partial charge in [0, 0.05) is 26.9 Å². The third-order valence-corrected chi connectivity index (χ3v) is 6.90. The second kappa shape index (κ2) is 11.2. The standard InChI is InChI=1S/C25H21ClN4OS2/c1-2-16-30-24(18-8-4-3-5-9-18)28-29-25(30)32-17-23(31)27-21-10-6-7-11-22(21)33-20-14-12-19(26)13-15-20/h2-15H,1,16-17H2,(H,27,31). The van der Waals surface area contributed by atoms with Gasteiger partial charge in [-0.05, 0) is 36.4 Å². The predicted octanol–water partition coefficient (Wildman–Crippen LogP) is 6.67. The highest BCUT2D eigenvalue weighted by Gasteiger charge is 2.15. The molecule has 1 N–H and O–H groups in total. The van der Waals surface area contributed by atoms with E-state index in [9.17, 15) is 4.79 Å². The number of halogens is 1. The lowest BCUT2D eigenvalue weighted by atomic mass is 10.2. The molecule has 0 radical (unpaired) electrons. The molecule has 0 spiro atoms. The van der Waals surface area contributed by atoms with Crippen LogP contribution in [0.5, 0.6) is 0 Å². The first-order valence-corrected chi connectivity index (χ1v) is 12.4. The number of hydrogen-bond acceptors (Lipinski definition) is 5. The summed E-state index contributed by atoms with van der Waals surface area (Å²) in [6.07, 6.45) is 1.80. The Hall–Kier alpha value is -3.00. The molecule has 1 amide bonds. The van der Waals surface area contributed by atoms with E-state index in [0.717, 1.165) is 26.9 Å². The van der Waals surface area contributed by atoms with Crippen molar-refractivity contribution < 1.29 is 4.79 Å². The lowest BCUT2D eigenvalue weighted by Crippen LogP contribution is -2.15. The molecule has 0 saturated carbocycles. The predicted molar refractivity (Wildman–Crippen MR) is 137 cm³/mol. The molecule has 0 aliphatic carbocycles. The molecule has 3 aromatic carbocycles. The summed E-state index contributed by atoms with van der Waals surface area (Å²) in [5.41, 5.74) is 1.73. The van der Waals surface area contributed by atoms with Gasteiger partial charge in [0.1, 0.15) is 0 Å². The second-order valence-electron chi connectivity index (χ2n) is 6.96. The summed E-state index contributed by atoms with van der Waals surface area (Å²) < 4.78 is 1.96. The molecule has 0 atom stereocenters. The monoisotopic (exact) mass is 492 g/mol. The minimum atomic E-state index is -0.112. The maximum Gasteiger partial charge on any atom is 0.234 e. The van der Waals surface area contributed by atoms with Crippen LogP contribution in [0.25, 0.3) is 11.4 Å². The number of para-hydroxylation sites is 1. The van der Waals surface area contributed by atoms with Crippen LogP contribution in [0.15, 0.2) is 106 Å². The van der Waals surface area contributed by atoms with Crippen molar-refractivity contribution in [3.63, 3.8) is 0 Å². The van der Waals surface area contributed by atoms with Crippen molar-refractivity contribution in [1.29, 1.82) is 0 Å². The van der Waals surface area contributed by atoms with Crippen molar-refractivity contribution in [2.24, 2.45) is 0 Å². The van der Waals surface area contributed by atoms with Gasteiger partial charge in [0.25, 0.3) is 0 Å². The zero-order chi connectivity index (χ0) is 23.0. The third kappa shape index (κ3) is 6.07. The number of nitrogens with one attached hydrogen (secondary N) is 1. The summed E-state index contributed by atoms with van der Waals surface area (Å²) in [7, 11) is 0. The number of thioether (sulfide) groups is 1. The van der Waals surface area contributed by atoms with E-state index in [1.807, 2.05) is 83.4 Å². The van der Waals surface area contributed by atoms with Gasteiger partial charge in [0.2, 0.25) is 5.91 Å². The molecule has 4 aromatic rings. The maximum atomic E-state index is 12.7. The minimum absolute atomic E-state index is 0.112. The van der Waals surface area contributed by atoms with Crippen LogP contribution in [0.1, 0.15) is 0 Å². The fourth-order valence-electron chi connectivity index (χ4n) is 3.09. The Balaban J connectivity index is 1.44. The zero-order valence-corrected chi connectivity index (χ0v) is 20.0. The quantitative estimate of drug-likeness (QED) is 0.209. The van der Waals surface area contributed by atoms with Crippen LogP contribution in [0.2, 0.25) is 5.02 Å². The highest BCUT2D eigenvalue weighted by Crippen LogP contribution is 2.34. The molecular formula is C25H21ClN4OS2. The largest absolute Gasteiger partial charge is 0.324 e. The number of nitrogens with zero attached hydrogens (tertiary/aromatic N) is 3. The van der Waals surface area contributed by atoms with Crippen LogP contribution >= 0.6 is 35.1 Å². The van der Waals surface area contributed by atoms with Gasteiger partial charge in [-0.25, -0.2) is 0 Å². The summed E-state index contributed by atoms with van der Waals surface area (Å²) in [4.78, 5) is 14.7. The Morgan fingerprint density at radius 1 is 1.00 bits per heavy atom. The van der Waals surface area contributed by atoms with Gasteiger partial charge >= 0.3 is 0 Å². The van der Waals surface area contributed by atoms with Gasteiger partial charge in [0.05, 0.1) is 11.4 Å². The van der Waals surface area contributed by atoms with Crippen molar-refractivity contribution >= 4 is 46.7 Å². The number of aromatic nitrogens is 3. The number of rotatable bonds is 9. The van der Waals surface area contributed by atoms with Gasteiger partial charge in [-0.15, -0.1) is 16.8 Å².